The Bertz CT molecular complexity index is 1100. The lowest BCUT2D eigenvalue weighted by atomic mass is 10.1. The molecule has 3 aromatic rings. The lowest BCUT2D eigenvalue weighted by Crippen LogP contribution is -2.47. The lowest BCUT2D eigenvalue weighted by Gasteiger charge is -2.37. The molecule has 1 aliphatic rings. The first kappa shape index (κ1) is 22.1. The van der Waals surface area contributed by atoms with Crippen molar-refractivity contribution in [1.82, 2.24) is 9.97 Å². The monoisotopic (exact) mass is 451 g/mol. The molecular weight excluding hydrogens is 425 g/mol. The van der Waals surface area contributed by atoms with Gasteiger partial charge < -0.3 is 15.1 Å². The highest BCUT2D eigenvalue weighted by Gasteiger charge is 2.20. The molecule has 0 atom stereocenters. The van der Waals surface area contributed by atoms with Crippen molar-refractivity contribution in [3.8, 4) is 0 Å². The summed E-state index contributed by atoms with van der Waals surface area (Å²) in [6.07, 6.45) is 1.72. The Balaban J connectivity index is 1.33. The first-order valence-corrected chi connectivity index (χ1v) is 11.6. The standard InChI is InChI=1S/C24H26FN5OS/c1-17-7-8-18(2)21(15-17)29-11-13-30(14-12-29)22-9-10-26-24(28-22)32-16-23(31)27-20-6-4-3-5-19(20)25/h3-10,15H,11-14,16H2,1-2H3,(H,27,31). The molecule has 1 aliphatic heterocycles. The summed E-state index contributed by atoms with van der Waals surface area (Å²) in [6, 6.07) is 14.6. The summed E-state index contributed by atoms with van der Waals surface area (Å²) in [7, 11) is 0. The molecule has 32 heavy (non-hydrogen) atoms. The molecule has 1 aromatic heterocycles. The predicted molar refractivity (Wildman–Crippen MR) is 128 cm³/mol. The maximum atomic E-state index is 13.7. The first-order chi connectivity index (χ1) is 15.5. The van der Waals surface area contributed by atoms with Gasteiger partial charge in [-0.05, 0) is 49.2 Å². The summed E-state index contributed by atoms with van der Waals surface area (Å²) in [5, 5.41) is 3.11. The van der Waals surface area contributed by atoms with Crippen molar-refractivity contribution in [1.29, 1.82) is 0 Å². The van der Waals surface area contributed by atoms with E-state index in [9.17, 15) is 9.18 Å². The van der Waals surface area contributed by atoms with Crippen LogP contribution in [0.15, 0.2) is 59.9 Å². The normalized spacial score (nSPS) is 13.8. The third-order valence-corrected chi connectivity index (χ3v) is 6.27. The first-order valence-electron chi connectivity index (χ1n) is 10.6. The summed E-state index contributed by atoms with van der Waals surface area (Å²) >= 11 is 1.24. The van der Waals surface area contributed by atoms with Gasteiger partial charge in [-0.25, -0.2) is 14.4 Å². The Labute approximate surface area is 191 Å². The van der Waals surface area contributed by atoms with Gasteiger partial charge in [0, 0.05) is 38.1 Å². The van der Waals surface area contributed by atoms with E-state index in [1.807, 2.05) is 6.07 Å². The molecule has 4 rings (SSSR count). The van der Waals surface area contributed by atoms with Crippen LogP contribution in [0.3, 0.4) is 0 Å². The fourth-order valence-electron chi connectivity index (χ4n) is 3.69. The molecule has 0 aliphatic carbocycles. The van der Waals surface area contributed by atoms with Crippen molar-refractivity contribution in [3.05, 3.63) is 71.7 Å². The van der Waals surface area contributed by atoms with Gasteiger partial charge in [0.25, 0.3) is 0 Å². The fourth-order valence-corrected chi connectivity index (χ4v) is 4.32. The predicted octanol–water partition coefficient (Wildman–Crippen LogP) is 4.29. The minimum Gasteiger partial charge on any atom is -0.368 e. The number of hydrogen-bond donors (Lipinski definition) is 1. The Morgan fingerprint density at radius 1 is 1.06 bits per heavy atom. The van der Waals surface area contributed by atoms with Crippen LogP contribution in [-0.2, 0) is 4.79 Å². The number of piperazine rings is 1. The van der Waals surface area contributed by atoms with Crippen LogP contribution in [0.2, 0.25) is 0 Å². The number of thioether (sulfide) groups is 1. The Morgan fingerprint density at radius 3 is 2.59 bits per heavy atom. The second-order valence-electron chi connectivity index (χ2n) is 7.78. The fraction of sp³-hybridized carbons (Fsp3) is 0.292. The number of halogens is 1. The number of nitrogens with one attached hydrogen (secondary N) is 1. The van der Waals surface area contributed by atoms with E-state index in [1.54, 1.807) is 18.3 Å². The lowest BCUT2D eigenvalue weighted by molar-refractivity contribution is -0.113. The zero-order valence-corrected chi connectivity index (χ0v) is 19.0. The average molecular weight is 452 g/mol. The van der Waals surface area contributed by atoms with Crippen LogP contribution in [0.1, 0.15) is 11.1 Å². The molecule has 0 bridgehead atoms. The minimum absolute atomic E-state index is 0.109. The van der Waals surface area contributed by atoms with E-state index in [-0.39, 0.29) is 17.3 Å². The summed E-state index contributed by atoms with van der Waals surface area (Å²) in [5.41, 5.74) is 4.03. The highest BCUT2D eigenvalue weighted by molar-refractivity contribution is 7.99. The number of nitrogens with zero attached hydrogens (tertiary/aromatic N) is 4. The molecule has 1 amide bonds. The van der Waals surface area contributed by atoms with Crippen LogP contribution in [0.4, 0.5) is 21.6 Å². The van der Waals surface area contributed by atoms with E-state index in [4.69, 9.17) is 0 Å². The third-order valence-electron chi connectivity index (χ3n) is 5.41. The number of para-hydroxylation sites is 1. The number of aryl methyl sites for hydroxylation is 2. The second-order valence-corrected chi connectivity index (χ2v) is 8.72. The number of aromatic nitrogens is 2. The Hall–Kier alpha value is -3.13. The molecule has 2 aromatic carbocycles. The van der Waals surface area contributed by atoms with Crippen LogP contribution >= 0.6 is 11.8 Å². The maximum absolute atomic E-state index is 13.7. The SMILES string of the molecule is Cc1ccc(C)c(N2CCN(c3ccnc(SCC(=O)Nc4ccccc4F)n3)CC2)c1. The topological polar surface area (TPSA) is 61.4 Å². The van der Waals surface area contributed by atoms with Crippen LogP contribution in [0.25, 0.3) is 0 Å². The van der Waals surface area contributed by atoms with E-state index in [2.05, 4.69) is 57.1 Å². The van der Waals surface area contributed by atoms with Gasteiger partial charge in [-0.2, -0.15) is 0 Å². The van der Waals surface area contributed by atoms with Crippen molar-refractivity contribution in [2.24, 2.45) is 0 Å². The summed E-state index contributed by atoms with van der Waals surface area (Å²) < 4.78 is 13.7. The van der Waals surface area contributed by atoms with Gasteiger partial charge in [0.05, 0.1) is 11.4 Å². The molecular formula is C24H26FN5OS. The molecule has 1 N–H and O–H groups in total. The molecule has 6 nitrogen and oxygen atoms in total. The van der Waals surface area contributed by atoms with E-state index >= 15 is 0 Å². The molecule has 0 radical (unpaired) electrons. The number of hydrogen-bond acceptors (Lipinski definition) is 6. The van der Waals surface area contributed by atoms with Crippen LogP contribution in [0, 0.1) is 19.7 Å². The largest absolute Gasteiger partial charge is 0.368 e. The quantitative estimate of drug-likeness (QED) is 0.446. The van der Waals surface area contributed by atoms with E-state index in [1.165, 1.54) is 40.7 Å². The summed E-state index contributed by atoms with van der Waals surface area (Å²) in [4.78, 5) is 25.7. The van der Waals surface area contributed by atoms with Crippen LogP contribution in [0.5, 0.6) is 0 Å². The van der Waals surface area contributed by atoms with Gasteiger partial charge >= 0.3 is 0 Å². The number of benzene rings is 2. The third kappa shape index (κ3) is 5.37. The Kier molecular flexibility index (Phi) is 6.90. The van der Waals surface area contributed by atoms with E-state index < -0.39 is 5.82 Å². The summed E-state index contributed by atoms with van der Waals surface area (Å²) in [6.45, 7) is 7.83. The van der Waals surface area contributed by atoms with E-state index in [0.717, 1.165) is 32.0 Å². The number of rotatable bonds is 6. The highest BCUT2D eigenvalue weighted by Crippen LogP contribution is 2.25. The molecule has 0 spiro atoms. The summed E-state index contributed by atoms with van der Waals surface area (Å²) in [5.74, 6) is 0.219. The zero-order chi connectivity index (χ0) is 22.5. The van der Waals surface area contributed by atoms with Crippen molar-refractivity contribution >= 4 is 34.9 Å². The number of amides is 1. The zero-order valence-electron chi connectivity index (χ0n) is 18.2. The van der Waals surface area contributed by atoms with Crippen LogP contribution in [-0.4, -0.2) is 47.8 Å². The van der Waals surface area contributed by atoms with Gasteiger partial charge in [0.15, 0.2) is 5.16 Å². The molecule has 0 unspecified atom stereocenters. The smallest absolute Gasteiger partial charge is 0.234 e. The molecule has 1 saturated heterocycles. The van der Waals surface area contributed by atoms with Gasteiger partial charge in [0.1, 0.15) is 11.6 Å². The van der Waals surface area contributed by atoms with Gasteiger partial charge in [-0.1, -0.05) is 36.0 Å². The minimum atomic E-state index is -0.455. The Morgan fingerprint density at radius 2 is 1.81 bits per heavy atom. The van der Waals surface area contributed by atoms with Crippen molar-refractivity contribution in [3.63, 3.8) is 0 Å². The molecule has 8 heteroatoms. The molecule has 0 saturated carbocycles. The molecule has 1 fully saturated rings. The van der Waals surface area contributed by atoms with Gasteiger partial charge in [-0.15, -0.1) is 0 Å². The number of carbonyl (C=O) groups excluding carboxylic acids is 1. The highest BCUT2D eigenvalue weighted by atomic mass is 32.2. The average Bonchev–Trinajstić information content (AvgIpc) is 2.81. The van der Waals surface area contributed by atoms with Crippen molar-refractivity contribution < 1.29 is 9.18 Å². The van der Waals surface area contributed by atoms with E-state index in [0.29, 0.717) is 5.16 Å². The molecule has 2 heterocycles. The van der Waals surface area contributed by atoms with Crippen molar-refractivity contribution in [2.75, 3.05) is 47.0 Å². The molecule has 166 valence electrons. The number of carbonyl (C=O) groups is 1. The maximum Gasteiger partial charge on any atom is 0.234 e. The van der Waals surface area contributed by atoms with Crippen molar-refractivity contribution in [2.45, 2.75) is 19.0 Å². The van der Waals surface area contributed by atoms with Gasteiger partial charge in [-0.3, -0.25) is 4.79 Å². The number of anilines is 3. The second kappa shape index (κ2) is 9.99. The van der Waals surface area contributed by atoms with Gasteiger partial charge in [0.2, 0.25) is 5.91 Å². The van der Waals surface area contributed by atoms with Crippen LogP contribution < -0.4 is 15.1 Å².